The fourth-order valence-electron chi connectivity index (χ4n) is 3.22. The maximum Gasteiger partial charge on any atom is 0.224 e. The molecule has 4 heteroatoms. The molecule has 0 spiro atoms. The van der Waals surface area contributed by atoms with Crippen molar-refractivity contribution in [2.75, 3.05) is 46.3 Å². The molecule has 2 fully saturated rings. The zero-order valence-electron chi connectivity index (χ0n) is 12.4. The maximum atomic E-state index is 12.0. The second kappa shape index (κ2) is 7.85. The van der Waals surface area contributed by atoms with E-state index in [1.54, 1.807) is 0 Å². The van der Waals surface area contributed by atoms with Crippen molar-refractivity contribution in [3.63, 3.8) is 0 Å². The topological polar surface area (TPSA) is 35.6 Å². The van der Waals surface area contributed by atoms with Gasteiger partial charge in [0.05, 0.1) is 5.92 Å². The van der Waals surface area contributed by atoms with E-state index in [1.165, 1.54) is 32.4 Å². The lowest BCUT2D eigenvalue weighted by atomic mass is 9.97. The molecule has 1 N–H and O–H groups in total. The van der Waals surface area contributed by atoms with Crippen molar-refractivity contribution in [2.45, 2.75) is 38.5 Å². The molecule has 0 bridgehead atoms. The van der Waals surface area contributed by atoms with E-state index in [0.29, 0.717) is 0 Å². The third-order valence-electron chi connectivity index (χ3n) is 4.39. The molecule has 1 amide bonds. The monoisotopic (exact) mass is 267 g/mol. The highest BCUT2D eigenvalue weighted by molar-refractivity contribution is 5.78. The number of amides is 1. The quantitative estimate of drug-likeness (QED) is 0.763. The van der Waals surface area contributed by atoms with Crippen molar-refractivity contribution in [3.8, 4) is 0 Å². The van der Waals surface area contributed by atoms with E-state index >= 15 is 0 Å². The van der Waals surface area contributed by atoms with Crippen molar-refractivity contribution >= 4 is 5.91 Å². The Labute approximate surface area is 117 Å². The van der Waals surface area contributed by atoms with Crippen LogP contribution >= 0.6 is 0 Å². The number of hydrogen-bond acceptors (Lipinski definition) is 3. The molecule has 0 aromatic carbocycles. The first-order valence-corrected chi connectivity index (χ1v) is 7.94. The van der Waals surface area contributed by atoms with Crippen LogP contribution in [0, 0.1) is 5.92 Å². The number of hydrogen-bond donors (Lipinski definition) is 1. The summed E-state index contributed by atoms with van der Waals surface area (Å²) in [6, 6.07) is 0. The zero-order valence-corrected chi connectivity index (χ0v) is 12.4. The number of nitrogens with zero attached hydrogens (tertiary/aromatic N) is 2. The first kappa shape index (κ1) is 14.8. The third-order valence-corrected chi connectivity index (χ3v) is 4.39. The highest BCUT2D eigenvalue weighted by atomic mass is 16.1. The molecular formula is C15H29N3O. The molecule has 0 aromatic rings. The van der Waals surface area contributed by atoms with Crippen LogP contribution in [0.3, 0.4) is 0 Å². The van der Waals surface area contributed by atoms with Crippen molar-refractivity contribution in [1.29, 1.82) is 0 Å². The molecule has 19 heavy (non-hydrogen) atoms. The van der Waals surface area contributed by atoms with Gasteiger partial charge in [-0.1, -0.05) is 6.42 Å². The molecule has 2 rings (SSSR count). The lowest BCUT2D eigenvalue weighted by Crippen LogP contribution is -2.42. The van der Waals surface area contributed by atoms with Gasteiger partial charge in [0.25, 0.3) is 0 Å². The van der Waals surface area contributed by atoms with Gasteiger partial charge in [0.1, 0.15) is 0 Å². The SMILES string of the molecule is CN1CCC[C@H](C(=O)NCCCN2CCCCC2)C1. The third kappa shape index (κ3) is 5.11. The lowest BCUT2D eigenvalue weighted by Gasteiger charge is -2.29. The molecule has 0 aliphatic carbocycles. The van der Waals surface area contributed by atoms with Crippen molar-refractivity contribution in [3.05, 3.63) is 0 Å². The first-order valence-electron chi connectivity index (χ1n) is 7.94. The van der Waals surface area contributed by atoms with Gasteiger partial charge in [-0.3, -0.25) is 4.79 Å². The summed E-state index contributed by atoms with van der Waals surface area (Å²) in [7, 11) is 2.11. The van der Waals surface area contributed by atoms with E-state index in [0.717, 1.165) is 45.4 Å². The number of rotatable bonds is 5. The zero-order chi connectivity index (χ0) is 13.5. The van der Waals surface area contributed by atoms with Crippen LogP contribution in [0.1, 0.15) is 38.5 Å². The standard InChI is InChI=1S/C15H29N3O/c1-17-9-5-7-14(13-17)15(19)16-8-6-12-18-10-3-2-4-11-18/h14H,2-13H2,1H3,(H,16,19)/t14-/m0/s1. The van der Waals surface area contributed by atoms with Gasteiger partial charge in [-0.25, -0.2) is 0 Å². The van der Waals surface area contributed by atoms with Crippen LogP contribution in [0.15, 0.2) is 0 Å². The Morgan fingerprint density at radius 2 is 1.95 bits per heavy atom. The van der Waals surface area contributed by atoms with Crippen molar-refractivity contribution in [2.24, 2.45) is 5.92 Å². The largest absolute Gasteiger partial charge is 0.356 e. The van der Waals surface area contributed by atoms with Gasteiger partial charge in [0.2, 0.25) is 5.91 Å². The highest BCUT2D eigenvalue weighted by Gasteiger charge is 2.23. The van der Waals surface area contributed by atoms with Gasteiger partial charge in [-0.2, -0.15) is 0 Å². The van der Waals surface area contributed by atoms with Gasteiger partial charge in [0, 0.05) is 13.1 Å². The minimum absolute atomic E-state index is 0.216. The molecule has 0 aromatic heterocycles. The lowest BCUT2D eigenvalue weighted by molar-refractivity contribution is -0.126. The van der Waals surface area contributed by atoms with Gasteiger partial charge < -0.3 is 15.1 Å². The summed E-state index contributed by atoms with van der Waals surface area (Å²) in [5.74, 6) is 0.485. The average Bonchev–Trinajstić information content (AvgIpc) is 2.44. The highest BCUT2D eigenvalue weighted by Crippen LogP contribution is 2.15. The minimum atomic E-state index is 0.216. The summed E-state index contributed by atoms with van der Waals surface area (Å²) >= 11 is 0. The summed E-state index contributed by atoms with van der Waals surface area (Å²) in [4.78, 5) is 16.8. The van der Waals surface area contributed by atoms with Crippen LogP contribution in [0.2, 0.25) is 0 Å². The molecule has 2 saturated heterocycles. The number of carbonyl (C=O) groups excluding carboxylic acids is 1. The molecule has 110 valence electrons. The van der Waals surface area contributed by atoms with Crippen LogP contribution in [0.4, 0.5) is 0 Å². The molecule has 2 heterocycles. The minimum Gasteiger partial charge on any atom is -0.356 e. The van der Waals surface area contributed by atoms with Crippen molar-refractivity contribution < 1.29 is 4.79 Å². The predicted octanol–water partition coefficient (Wildman–Crippen LogP) is 1.32. The Kier molecular flexibility index (Phi) is 6.11. The van der Waals surface area contributed by atoms with Gasteiger partial charge in [0.15, 0.2) is 0 Å². The molecule has 0 unspecified atom stereocenters. The Hall–Kier alpha value is -0.610. The fourth-order valence-corrected chi connectivity index (χ4v) is 3.22. The summed E-state index contributed by atoms with van der Waals surface area (Å²) in [5.41, 5.74) is 0. The van der Waals surface area contributed by atoms with Crippen LogP contribution < -0.4 is 5.32 Å². The molecule has 4 nitrogen and oxygen atoms in total. The molecule has 0 saturated carbocycles. The molecule has 2 aliphatic heterocycles. The smallest absolute Gasteiger partial charge is 0.224 e. The van der Waals surface area contributed by atoms with E-state index in [2.05, 4.69) is 22.2 Å². The summed E-state index contributed by atoms with van der Waals surface area (Å²) < 4.78 is 0. The molecule has 0 radical (unpaired) electrons. The normalized spacial score (nSPS) is 26.3. The van der Waals surface area contributed by atoms with Crippen molar-refractivity contribution in [1.82, 2.24) is 15.1 Å². The Morgan fingerprint density at radius 1 is 1.16 bits per heavy atom. The summed E-state index contributed by atoms with van der Waals surface area (Å²) in [6.07, 6.45) is 7.39. The molecular weight excluding hydrogens is 238 g/mol. The van der Waals surface area contributed by atoms with Gasteiger partial charge in [-0.05, 0) is 65.3 Å². The van der Waals surface area contributed by atoms with E-state index in [9.17, 15) is 4.79 Å². The summed E-state index contributed by atoms with van der Waals surface area (Å²) in [5, 5.41) is 3.12. The number of likely N-dealkylation sites (tertiary alicyclic amines) is 2. The van der Waals surface area contributed by atoms with E-state index in [4.69, 9.17) is 0 Å². The fraction of sp³-hybridized carbons (Fsp3) is 0.933. The Bertz CT molecular complexity index is 277. The number of piperidine rings is 2. The number of carbonyl (C=O) groups is 1. The predicted molar refractivity (Wildman–Crippen MR) is 78.1 cm³/mol. The van der Waals surface area contributed by atoms with Gasteiger partial charge >= 0.3 is 0 Å². The maximum absolute atomic E-state index is 12.0. The Balaban J connectivity index is 1.55. The average molecular weight is 267 g/mol. The van der Waals surface area contributed by atoms with Gasteiger partial charge in [-0.15, -0.1) is 0 Å². The van der Waals surface area contributed by atoms with E-state index < -0.39 is 0 Å². The van der Waals surface area contributed by atoms with Crippen LogP contribution in [-0.2, 0) is 4.79 Å². The second-order valence-corrected chi connectivity index (χ2v) is 6.15. The van der Waals surface area contributed by atoms with Crippen LogP contribution in [0.5, 0.6) is 0 Å². The Morgan fingerprint density at radius 3 is 2.68 bits per heavy atom. The van der Waals surface area contributed by atoms with E-state index in [1.807, 2.05) is 0 Å². The molecule has 2 aliphatic rings. The first-order chi connectivity index (χ1) is 9.25. The molecule has 1 atom stereocenters. The van der Waals surface area contributed by atoms with Crippen LogP contribution in [0.25, 0.3) is 0 Å². The van der Waals surface area contributed by atoms with Crippen LogP contribution in [-0.4, -0.2) is 62.0 Å². The second-order valence-electron chi connectivity index (χ2n) is 6.15. The number of nitrogens with one attached hydrogen (secondary N) is 1. The summed E-state index contributed by atoms with van der Waals surface area (Å²) in [6.45, 7) is 6.56. The van der Waals surface area contributed by atoms with E-state index in [-0.39, 0.29) is 11.8 Å².